The zero-order chi connectivity index (χ0) is 16.4. The highest BCUT2D eigenvalue weighted by molar-refractivity contribution is 5.72. The second-order valence-corrected chi connectivity index (χ2v) is 6.01. The van der Waals surface area contributed by atoms with Crippen LogP contribution in [-0.2, 0) is 16.1 Å². The van der Waals surface area contributed by atoms with E-state index in [0.717, 1.165) is 49.7 Å². The minimum absolute atomic E-state index is 0.0244. The molecule has 0 saturated carbocycles. The van der Waals surface area contributed by atoms with Crippen molar-refractivity contribution in [2.45, 2.75) is 33.2 Å². The normalized spacial score (nSPS) is 16.7. The summed E-state index contributed by atoms with van der Waals surface area (Å²) in [6, 6.07) is 3.76. The molecule has 0 atom stereocenters. The number of carbonyl (C=O) groups excluding carboxylic acids is 1. The molecule has 0 bridgehead atoms. The third-order valence-corrected chi connectivity index (χ3v) is 4.34. The first-order valence-corrected chi connectivity index (χ1v) is 7.90. The number of aromatic nitrogens is 1. The number of oxazole rings is 1. The number of hydrogen-bond acceptors (Lipinski definition) is 6. The number of nitrogens with zero attached hydrogens (tertiary/aromatic N) is 2. The van der Waals surface area contributed by atoms with Crippen molar-refractivity contribution < 1.29 is 18.4 Å². The third-order valence-electron chi connectivity index (χ3n) is 4.34. The van der Waals surface area contributed by atoms with E-state index >= 15 is 0 Å². The molecule has 0 N–H and O–H groups in total. The van der Waals surface area contributed by atoms with Crippen LogP contribution in [0.15, 0.2) is 21.0 Å². The molecule has 0 radical (unpaired) electrons. The molecule has 3 heterocycles. The average molecular weight is 318 g/mol. The lowest BCUT2D eigenvalue weighted by Gasteiger charge is -2.29. The van der Waals surface area contributed by atoms with Gasteiger partial charge < -0.3 is 13.6 Å². The zero-order valence-corrected chi connectivity index (χ0v) is 13.8. The quantitative estimate of drug-likeness (QED) is 0.807. The number of carbonyl (C=O) groups is 1. The Morgan fingerprint density at radius 2 is 2.04 bits per heavy atom. The fraction of sp³-hybridized carbons (Fsp3) is 0.529. The fourth-order valence-electron chi connectivity index (χ4n) is 2.93. The molecular formula is C17H22N2O4. The molecule has 0 unspecified atom stereocenters. The number of furan rings is 1. The van der Waals surface area contributed by atoms with Crippen molar-refractivity contribution in [2.24, 2.45) is 5.92 Å². The smallest absolute Gasteiger partial charge is 0.308 e. The van der Waals surface area contributed by atoms with E-state index in [4.69, 9.17) is 13.6 Å². The number of aryl methyl sites for hydroxylation is 2. The van der Waals surface area contributed by atoms with Crippen LogP contribution in [0.1, 0.15) is 30.1 Å². The van der Waals surface area contributed by atoms with E-state index in [1.807, 2.05) is 26.0 Å². The van der Waals surface area contributed by atoms with E-state index in [0.29, 0.717) is 11.7 Å². The van der Waals surface area contributed by atoms with Crippen LogP contribution in [0.4, 0.5) is 0 Å². The third kappa shape index (κ3) is 3.47. The van der Waals surface area contributed by atoms with Crippen LogP contribution in [0.2, 0.25) is 0 Å². The van der Waals surface area contributed by atoms with Gasteiger partial charge >= 0.3 is 5.97 Å². The maximum Gasteiger partial charge on any atom is 0.308 e. The van der Waals surface area contributed by atoms with Gasteiger partial charge in [0.2, 0.25) is 0 Å². The maximum atomic E-state index is 11.6. The van der Waals surface area contributed by atoms with Gasteiger partial charge in [0.1, 0.15) is 11.5 Å². The maximum absolute atomic E-state index is 11.6. The Hall–Kier alpha value is -2.08. The molecule has 6 heteroatoms. The summed E-state index contributed by atoms with van der Waals surface area (Å²) in [5, 5.41) is 0. The molecule has 0 amide bonds. The first-order valence-electron chi connectivity index (χ1n) is 7.90. The van der Waals surface area contributed by atoms with Crippen molar-refractivity contribution >= 4 is 5.97 Å². The number of ether oxygens (including phenoxy) is 1. The molecule has 2 aromatic rings. The molecule has 124 valence electrons. The highest BCUT2D eigenvalue weighted by atomic mass is 16.5. The molecule has 0 spiro atoms. The lowest BCUT2D eigenvalue weighted by atomic mass is 9.97. The van der Waals surface area contributed by atoms with Gasteiger partial charge in [0, 0.05) is 6.54 Å². The standard InChI is InChI=1S/C17H22N2O4/c1-11-4-5-15(22-11)16-18-14(12(2)23-16)10-19-8-6-13(7-9-19)17(20)21-3/h4-5,13H,6-10H2,1-3H3. The molecule has 2 aromatic heterocycles. The number of esters is 1. The van der Waals surface area contributed by atoms with E-state index in [2.05, 4.69) is 9.88 Å². The Morgan fingerprint density at radius 1 is 1.30 bits per heavy atom. The van der Waals surface area contributed by atoms with Crippen molar-refractivity contribution in [1.29, 1.82) is 0 Å². The summed E-state index contributed by atoms with van der Waals surface area (Å²) in [4.78, 5) is 18.4. The van der Waals surface area contributed by atoms with Crippen molar-refractivity contribution in [3.63, 3.8) is 0 Å². The van der Waals surface area contributed by atoms with E-state index in [-0.39, 0.29) is 11.9 Å². The summed E-state index contributed by atoms with van der Waals surface area (Å²) >= 11 is 0. The second-order valence-electron chi connectivity index (χ2n) is 6.01. The van der Waals surface area contributed by atoms with Crippen LogP contribution in [0.3, 0.4) is 0 Å². The molecule has 3 rings (SSSR count). The van der Waals surface area contributed by atoms with Crippen LogP contribution in [-0.4, -0.2) is 36.1 Å². The highest BCUT2D eigenvalue weighted by Gasteiger charge is 2.26. The highest BCUT2D eigenvalue weighted by Crippen LogP contribution is 2.26. The van der Waals surface area contributed by atoms with Crippen LogP contribution in [0.5, 0.6) is 0 Å². The van der Waals surface area contributed by atoms with Gasteiger partial charge in [-0.05, 0) is 51.9 Å². The Labute approximate surface area is 135 Å². The van der Waals surface area contributed by atoms with E-state index in [1.54, 1.807) is 0 Å². The molecule has 1 aliphatic heterocycles. The Bertz CT molecular complexity index is 681. The van der Waals surface area contributed by atoms with Crippen LogP contribution < -0.4 is 0 Å². The summed E-state index contributed by atoms with van der Waals surface area (Å²) in [5.74, 6) is 2.75. The van der Waals surface area contributed by atoms with Crippen molar-refractivity contribution in [1.82, 2.24) is 9.88 Å². The Balaban J connectivity index is 1.63. The summed E-state index contributed by atoms with van der Waals surface area (Å²) in [5.41, 5.74) is 0.922. The summed E-state index contributed by atoms with van der Waals surface area (Å²) in [6.07, 6.45) is 1.65. The number of rotatable bonds is 4. The largest absolute Gasteiger partial charge is 0.469 e. The van der Waals surface area contributed by atoms with E-state index in [1.165, 1.54) is 7.11 Å². The van der Waals surface area contributed by atoms with Gasteiger partial charge in [-0.15, -0.1) is 0 Å². The predicted octanol–water partition coefficient (Wildman–Crippen LogP) is 2.94. The van der Waals surface area contributed by atoms with Gasteiger partial charge in [-0.25, -0.2) is 4.98 Å². The molecule has 1 saturated heterocycles. The number of hydrogen-bond donors (Lipinski definition) is 0. The molecule has 1 fully saturated rings. The minimum atomic E-state index is -0.0993. The van der Waals surface area contributed by atoms with Crippen LogP contribution in [0.25, 0.3) is 11.7 Å². The van der Waals surface area contributed by atoms with Gasteiger partial charge in [-0.3, -0.25) is 9.69 Å². The molecule has 23 heavy (non-hydrogen) atoms. The van der Waals surface area contributed by atoms with Crippen molar-refractivity contribution in [2.75, 3.05) is 20.2 Å². The molecule has 6 nitrogen and oxygen atoms in total. The van der Waals surface area contributed by atoms with Gasteiger partial charge in [0.05, 0.1) is 18.7 Å². The molecular weight excluding hydrogens is 296 g/mol. The molecule has 0 aliphatic carbocycles. The van der Waals surface area contributed by atoms with Crippen molar-refractivity contribution in [3.8, 4) is 11.7 Å². The van der Waals surface area contributed by atoms with Gasteiger partial charge in [-0.2, -0.15) is 0 Å². The minimum Gasteiger partial charge on any atom is -0.469 e. The van der Waals surface area contributed by atoms with E-state index < -0.39 is 0 Å². The number of piperidine rings is 1. The summed E-state index contributed by atoms with van der Waals surface area (Å²) in [6.45, 7) is 6.26. The van der Waals surface area contributed by atoms with Crippen LogP contribution in [0, 0.1) is 19.8 Å². The Kier molecular flexibility index (Phi) is 4.52. The van der Waals surface area contributed by atoms with E-state index in [9.17, 15) is 4.79 Å². The number of likely N-dealkylation sites (tertiary alicyclic amines) is 1. The topological polar surface area (TPSA) is 68.7 Å². The first kappa shape index (κ1) is 15.8. The zero-order valence-electron chi connectivity index (χ0n) is 13.8. The molecule has 1 aliphatic rings. The summed E-state index contributed by atoms with van der Waals surface area (Å²) < 4.78 is 16.1. The SMILES string of the molecule is COC(=O)C1CCN(Cc2nc(-c3ccc(C)o3)oc2C)CC1. The van der Waals surface area contributed by atoms with Crippen molar-refractivity contribution in [3.05, 3.63) is 29.3 Å². The fourth-order valence-corrected chi connectivity index (χ4v) is 2.93. The monoisotopic (exact) mass is 318 g/mol. The van der Waals surface area contributed by atoms with Gasteiger partial charge in [-0.1, -0.05) is 0 Å². The van der Waals surface area contributed by atoms with Crippen LogP contribution >= 0.6 is 0 Å². The van der Waals surface area contributed by atoms with Gasteiger partial charge in [0.25, 0.3) is 5.89 Å². The second kappa shape index (κ2) is 6.58. The molecule has 0 aromatic carbocycles. The number of methoxy groups -OCH3 is 1. The Morgan fingerprint density at radius 3 is 2.65 bits per heavy atom. The average Bonchev–Trinajstić information content (AvgIpc) is 3.14. The lowest BCUT2D eigenvalue weighted by molar-refractivity contribution is -0.147. The predicted molar refractivity (Wildman–Crippen MR) is 83.7 cm³/mol. The summed E-state index contributed by atoms with van der Waals surface area (Å²) in [7, 11) is 1.45. The lowest BCUT2D eigenvalue weighted by Crippen LogP contribution is -2.36. The van der Waals surface area contributed by atoms with Gasteiger partial charge in [0.15, 0.2) is 5.76 Å². The first-order chi connectivity index (χ1) is 11.1.